The molecule has 0 atom stereocenters. The zero-order chi connectivity index (χ0) is 17.0. The van der Waals surface area contributed by atoms with Gasteiger partial charge in [0.15, 0.2) is 0 Å². The molecule has 2 rings (SSSR count). The van der Waals surface area contributed by atoms with Crippen molar-refractivity contribution in [2.75, 3.05) is 5.73 Å². The van der Waals surface area contributed by atoms with Gasteiger partial charge in [0.2, 0.25) is 0 Å². The summed E-state index contributed by atoms with van der Waals surface area (Å²) < 4.78 is 0. The average Bonchev–Trinajstić information content (AvgIpc) is 2.52. The maximum absolute atomic E-state index is 12.0. The van der Waals surface area contributed by atoms with Crippen molar-refractivity contribution in [2.24, 2.45) is 5.10 Å². The van der Waals surface area contributed by atoms with Gasteiger partial charge in [-0.1, -0.05) is 45.0 Å². The first kappa shape index (κ1) is 16.7. The largest absolute Gasteiger partial charge is 0.399 e. The molecule has 0 bridgehead atoms. The van der Waals surface area contributed by atoms with Gasteiger partial charge < -0.3 is 5.73 Å². The fourth-order valence-corrected chi connectivity index (χ4v) is 2.11. The standard InChI is InChI=1S/C19H23N3O/c1-13(14-5-9-16(10-6-14)19(2,3)4)21-22-18(23)15-7-11-17(20)12-8-15/h5-12H,20H2,1-4H3,(H,22,23)/b21-13+. The summed E-state index contributed by atoms with van der Waals surface area (Å²) in [5, 5.41) is 4.17. The van der Waals surface area contributed by atoms with E-state index in [-0.39, 0.29) is 11.3 Å². The van der Waals surface area contributed by atoms with Crippen molar-refractivity contribution in [1.82, 2.24) is 5.43 Å². The lowest BCUT2D eigenvalue weighted by molar-refractivity contribution is 0.0955. The third-order valence-corrected chi connectivity index (χ3v) is 3.67. The molecule has 0 aromatic heterocycles. The molecule has 4 nitrogen and oxygen atoms in total. The lowest BCUT2D eigenvalue weighted by Gasteiger charge is -2.19. The molecule has 2 aromatic carbocycles. The van der Waals surface area contributed by atoms with E-state index in [1.54, 1.807) is 24.3 Å². The molecule has 23 heavy (non-hydrogen) atoms. The summed E-state index contributed by atoms with van der Waals surface area (Å²) >= 11 is 0. The van der Waals surface area contributed by atoms with Crippen LogP contribution in [0, 0.1) is 0 Å². The number of nitrogen functional groups attached to an aromatic ring is 1. The summed E-state index contributed by atoms with van der Waals surface area (Å²) in [4.78, 5) is 12.0. The van der Waals surface area contributed by atoms with Crippen molar-refractivity contribution >= 4 is 17.3 Å². The molecule has 0 saturated carbocycles. The molecule has 0 aliphatic rings. The predicted molar refractivity (Wildman–Crippen MR) is 95.7 cm³/mol. The quantitative estimate of drug-likeness (QED) is 0.515. The average molecular weight is 309 g/mol. The van der Waals surface area contributed by atoms with Gasteiger partial charge in [0.1, 0.15) is 0 Å². The van der Waals surface area contributed by atoms with Gasteiger partial charge in [-0.3, -0.25) is 4.79 Å². The van der Waals surface area contributed by atoms with Gasteiger partial charge in [0.05, 0.1) is 5.71 Å². The van der Waals surface area contributed by atoms with Crippen LogP contribution < -0.4 is 11.2 Å². The number of nitrogens with zero attached hydrogens (tertiary/aromatic N) is 1. The molecule has 0 spiro atoms. The Labute approximate surface area is 137 Å². The van der Waals surface area contributed by atoms with Crippen LogP contribution in [0.2, 0.25) is 0 Å². The van der Waals surface area contributed by atoms with E-state index in [0.29, 0.717) is 11.3 Å². The highest BCUT2D eigenvalue weighted by atomic mass is 16.2. The second kappa shape index (κ2) is 6.65. The highest BCUT2D eigenvalue weighted by molar-refractivity contribution is 6.00. The maximum atomic E-state index is 12.0. The number of hydrogen-bond donors (Lipinski definition) is 2. The maximum Gasteiger partial charge on any atom is 0.271 e. The summed E-state index contributed by atoms with van der Waals surface area (Å²) in [6.45, 7) is 8.40. The zero-order valence-corrected chi connectivity index (χ0v) is 14.1. The summed E-state index contributed by atoms with van der Waals surface area (Å²) in [6, 6.07) is 15.0. The Morgan fingerprint density at radius 1 is 0.957 bits per heavy atom. The predicted octanol–water partition coefficient (Wildman–Crippen LogP) is 3.72. The first-order valence-corrected chi connectivity index (χ1v) is 7.58. The van der Waals surface area contributed by atoms with Gasteiger partial charge in [-0.2, -0.15) is 5.10 Å². The molecule has 0 heterocycles. The number of nitrogens with one attached hydrogen (secondary N) is 1. The topological polar surface area (TPSA) is 67.5 Å². The molecule has 4 heteroatoms. The molecular weight excluding hydrogens is 286 g/mol. The lowest BCUT2D eigenvalue weighted by atomic mass is 9.86. The fourth-order valence-electron chi connectivity index (χ4n) is 2.11. The SMILES string of the molecule is C/C(=N\NC(=O)c1ccc(N)cc1)c1ccc(C(C)(C)C)cc1. The number of hydrazone groups is 1. The van der Waals surface area contributed by atoms with Crippen LogP contribution in [0.3, 0.4) is 0 Å². The van der Waals surface area contributed by atoms with Gasteiger partial charge in [0, 0.05) is 11.3 Å². The summed E-state index contributed by atoms with van der Waals surface area (Å²) in [5.74, 6) is -0.254. The normalized spacial score (nSPS) is 12.1. The van der Waals surface area contributed by atoms with Crippen LogP contribution in [0.5, 0.6) is 0 Å². The van der Waals surface area contributed by atoms with Crippen molar-refractivity contribution in [2.45, 2.75) is 33.1 Å². The molecule has 0 unspecified atom stereocenters. The highest BCUT2D eigenvalue weighted by Gasteiger charge is 2.13. The van der Waals surface area contributed by atoms with E-state index in [4.69, 9.17) is 5.73 Å². The smallest absolute Gasteiger partial charge is 0.271 e. The monoisotopic (exact) mass is 309 g/mol. The number of anilines is 1. The first-order valence-electron chi connectivity index (χ1n) is 7.58. The van der Waals surface area contributed by atoms with E-state index in [0.717, 1.165) is 11.3 Å². The number of hydrogen-bond acceptors (Lipinski definition) is 3. The van der Waals surface area contributed by atoms with Crippen LogP contribution >= 0.6 is 0 Å². The van der Waals surface area contributed by atoms with Gasteiger partial charge in [-0.05, 0) is 47.7 Å². The third-order valence-electron chi connectivity index (χ3n) is 3.67. The van der Waals surface area contributed by atoms with Gasteiger partial charge in [0.25, 0.3) is 5.91 Å². The van der Waals surface area contributed by atoms with Crippen LogP contribution in [0.25, 0.3) is 0 Å². The highest BCUT2D eigenvalue weighted by Crippen LogP contribution is 2.22. The van der Waals surface area contributed by atoms with Crippen LogP contribution in [0.15, 0.2) is 53.6 Å². The molecule has 0 aliphatic heterocycles. The Bertz CT molecular complexity index is 708. The minimum Gasteiger partial charge on any atom is -0.399 e. The second-order valence-electron chi connectivity index (χ2n) is 6.59. The molecule has 0 radical (unpaired) electrons. The van der Waals surface area contributed by atoms with Gasteiger partial charge >= 0.3 is 0 Å². The molecule has 3 N–H and O–H groups in total. The van der Waals surface area contributed by atoms with Gasteiger partial charge in [-0.15, -0.1) is 0 Å². The second-order valence-corrected chi connectivity index (χ2v) is 6.59. The van der Waals surface area contributed by atoms with Crippen LogP contribution in [-0.4, -0.2) is 11.6 Å². The number of amides is 1. The third kappa shape index (κ3) is 4.42. The molecule has 0 fully saturated rings. The van der Waals surface area contributed by atoms with E-state index in [9.17, 15) is 4.79 Å². The van der Waals surface area contributed by atoms with E-state index in [1.807, 2.05) is 19.1 Å². The number of nitrogens with two attached hydrogens (primary N) is 1. The summed E-state index contributed by atoms with van der Waals surface area (Å²) in [5.41, 5.74) is 12.5. The van der Waals surface area contributed by atoms with Gasteiger partial charge in [-0.25, -0.2) is 5.43 Å². The van der Waals surface area contributed by atoms with Crippen LogP contribution in [0.1, 0.15) is 49.2 Å². The minimum absolute atomic E-state index is 0.118. The summed E-state index contributed by atoms with van der Waals surface area (Å²) in [7, 11) is 0. The number of carbonyl (C=O) groups excluding carboxylic acids is 1. The van der Waals surface area contributed by atoms with Crippen molar-refractivity contribution in [3.8, 4) is 0 Å². The molecular formula is C19H23N3O. The Kier molecular flexibility index (Phi) is 4.84. The fraction of sp³-hybridized carbons (Fsp3) is 0.263. The summed E-state index contributed by atoms with van der Waals surface area (Å²) in [6.07, 6.45) is 0. The van der Waals surface area contributed by atoms with Crippen molar-refractivity contribution in [3.05, 3.63) is 65.2 Å². The van der Waals surface area contributed by atoms with Crippen LogP contribution in [-0.2, 0) is 5.41 Å². The van der Waals surface area contributed by atoms with Crippen LogP contribution in [0.4, 0.5) is 5.69 Å². The van der Waals surface area contributed by atoms with Crippen molar-refractivity contribution in [1.29, 1.82) is 0 Å². The molecule has 0 saturated heterocycles. The Hall–Kier alpha value is -2.62. The van der Waals surface area contributed by atoms with E-state index in [1.165, 1.54) is 5.56 Å². The lowest BCUT2D eigenvalue weighted by Crippen LogP contribution is -2.19. The Morgan fingerprint density at radius 3 is 2.00 bits per heavy atom. The van der Waals surface area contributed by atoms with E-state index >= 15 is 0 Å². The van der Waals surface area contributed by atoms with Crippen molar-refractivity contribution < 1.29 is 4.79 Å². The molecule has 0 aliphatic carbocycles. The number of rotatable bonds is 3. The van der Waals surface area contributed by atoms with Crippen molar-refractivity contribution in [3.63, 3.8) is 0 Å². The zero-order valence-electron chi connectivity index (χ0n) is 14.1. The van der Waals surface area contributed by atoms with E-state index < -0.39 is 0 Å². The molecule has 2 aromatic rings. The molecule has 120 valence electrons. The van der Waals surface area contributed by atoms with E-state index in [2.05, 4.69) is 43.4 Å². The Balaban J connectivity index is 2.07. The molecule has 1 amide bonds. The Morgan fingerprint density at radius 2 is 1.48 bits per heavy atom. The number of benzene rings is 2. The minimum atomic E-state index is -0.254. The number of carbonyl (C=O) groups is 1. The first-order chi connectivity index (χ1) is 10.8.